The summed E-state index contributed by atoms with van der Waals surface area (Å²) < 4.78 is 0. The molecule has 0 aliphatic heterocycles. The Morgan fingerprint density at radius 1 is 1.47 bits per heavy atom. The minimum Gasteiger partial charge on any atom is -0.335 e. The fourth-order valence-corrected chi connectivity index (χ4v) is 1.68. The first kappa shape index (κ1) is 13.6. The fourth-order valence-electron chi connectivity index (χ4n) is 1.68. The van der Waals surface area contributed by atoms with Gasteiger partial charge in [0.25, 0.3) is 0 Å². The number of hydrogen-bond acceptors (Lipinski definition) is 4. The van der Waals surface area contributed by atoms with Crippen molar-refractivity contribution < 1.29 is 0 Å². The summed E-state index contributed by atoms with van der Waals surface area (Å²) in [6.07, 6.45) is 1.88. The Hall–Kier alpha value is -1.42. The van der Waals surface area contributed by atoms with Gasteiger partial charge in [0.15, 0.2) is 0 Å². The smallest absolute Gasteiger partial charge is 0.226 e. The quantitative estimate of drug-likeness (QED) is 0.763. The van der Waals surface area contributed by atoms with E-state index in [-0.39, 0.29) is 0 Å². The summed E-state index contributed by atoms with van der Waals surface area (Å²) in [6, 6.07) is 2.36. The molecule has 0 aromatic carbocycles. The molecule has 0 radical (unpaired) electrons. The zero-order chi connectivity index (χ0) is 12.8. The number of anilines is 1. The highest BCUT2D eigenvalue weighted by Crippen LogP contribution is 2.13. The van der Waals surface area contributed by atoms with Crippen molar-refractivity contribution >= 4 is 5.95 Å². The topological polar surface area (TPSA) is 41.1 Å². The van der Waals surface area contributed by atoms with E-state index in [1.165, 1.54) is 0 Å². The monoisotopic (exact) mass is 234 g/mol. The van der Waals surface area contributed by atoms with Crippen LogP contribution in [0, 0.1) is 6.92 Å². The van der Waals surface area contributed by atoms with Gasteiger partial charge in [0, 0.05) is 24.8 Å². The molecule has 1 heterocycles. The lowest BCUT2D eigenvalue weighted by Gasteiger charge is -2.25. The molecule has 94 valence electrons. The molecule has 0 saturated carbocycles. The van der Waals surface area contributed by atoms with Gasteiger partial charge in [-0.15, -0.1) is 6.58 Å². The molecule has 1 rings (SSSR count). The van der Waals surface area contributed by atoms with Crippen molar-refractivity contribution in [2.45, 2.75) is 33.4 Å². The van der Waals surface area contributed by atoms with Crippen molar-refractivity contribution in [2.75, 3.05) is 18.5 Å². The van der Waals surface area contributed by atoms with Gasteiger partial charge in [0.1, 0.15) is 0 Å². The van der Waals surface area contributed by atoms with Crippen LogP contribution >= 0.6 is 0 Å². The molecule has 4 nitrogen and oxygen atoms in total. The molecule has 0 bridgehead atoms. The average Bonchev–Trinajstić information content (AvgIpc) is 2.25. The summed E-state index contributed by atoms with van der Waals surface area (Å²) in [5.41, 5.74) is 2.01. The number of rotatable bonds is 6. The van der Waals surface area contributed by atoms with Crippen molar-refractivity contribution in [2.24, 2.45) is 0 Å². The molecule has 1 aromatic heterocycles. The van der Waals surface area contributed by atoms with Crippen LogP contribution in [0.4, 0.5) is 5.95 Å². The van der Waals surface area contributed by atoms with E-state index in [0.29, 0.717) is 6.04 Å². The highest BCUT2D eigenvalue weighted by atomic mass is 15.3. The second-order valence-corrected chi connectivity index (χ2v) is 4.37. The van der Waals surface area contributed by atoms with E-state index in [2.05, 4.69) is 40.6 Å². The van der Waals surface area contributed by atoms with Crippen LogP contribution in [0.5, 0.6) is 0 Å². The van der Waals surface area contributed by atoms with E-state index in [1.54, 1.807) is 0 Å². The minimum atomic E-state index is 0.359. The second kappa shape index (κ2) is 6.35. The summed E-state index contributed by atoms with van der Waals surface area (Å²) in [5, 5.41) is 3.11. The zero-order valence-corrected chi connectivity index (χ0v) is 11.2. The second-order valence-electron chi connectivity index (χ2n) is 4.37. The summed E-state index contributed by atoms with van der Waals surface area (Å²) in [4.78, 5) is 11.2. The van der Waals surface area contributed by atoms with Gasteiger partial charge in [-0.2, -0.15) is 0 Å². The molecule has 0 fully saturated rings. The van der Waals surface area contributed by atoms with Crippen LogP contribution in [-0.2, 0) is 6.54 Å². The standard InChI is InChI=1S/C13H22N4/c1-6-7-17(10(2)3)13-15-11(4)8-12(16-13)9-14-5/h6,8,10,14H,1,7,9H2,2-5H3. The number of hydrogen-bond donors (Lipinski definition) is 1. The van der Waals surface area contributed by atoms with E-state index in [9.17, 15) is 0 Å². The van der Waals surface area contributed by atoms with Crippen molar-refractivity contribution in [1.82, 2.24) is 15.3 Å². The van der Waals surface area contributed by atoms with Gasteiger partial charge in [0.2, 0.25) is 5.95 Å². The first-order valence-corrected chi connectivity index (χ1v) is 5.95. The van der Waals surface area contributed by atoms with Crippen molar-refractivity contribution in [3.8, 4) is 0 Å². The fraction of sp³-hybridized carbons (Fsp3) is 0.538. The Labute approximate surface area is 104 Å². The summed E-state index contributed by atoms with van der Waals surface area (Å²) in [6.45, 7) is 11.6. The molecule has 0 saturated heterocycles. The molecule has 17 heavy (non-hydrogen) atoms. The maximum absolute atomic E-state index is 4.57. The molecular weight excluding hydrogens is 212 g/mol. The van der Waals surface area contributed by atoms with Gasteiger partial charge in [0.05, 0.1) is 5.69 Å². The number of aromatic nitrogens is 2. The summed E-state index contributed by atoms with van der Waals surface area (Å²) in [5.74, 6) is 0.783. The van der Waals surface area contributed by atoms with Gasteiger partial charge in [-0.3, -0.25) is 0 Å². The highest BCUT2D eigenvalue weighted by molar-refractivity contribution is 5.34. The van der Waals surface area contributed by atoms with Crippen LogP contribution in [0.3, 0.4) is 0 Å². The summed E-state index contributed by atoms with van der Waals surface area (Å²) >= 11 is 0. The maximum atomic E-state index is 4.57. The number of aryl methyl sites for hydroxylation is 1. The molecular formula is C13H22N4. The van der Waals surface area contributed by atoms with E-state index in [0.717, 1.165) is 30.4 Å². The van der Waals surface area contributed by atoms with Gasteiger partial charge in [-0.05, 0) is 33.9 Å². The van der Waals surface area contributed by atoms with Crippen LogP contribution < -0.4 is 10.2 Å². The highest BCUT2D eigenvalue weighted by Gasteiger charge is 2.13. The van der Waals surface area contributed by atoms with Crippen LogP contribution in [-0.4, -0.2) is 29.6 Å². The van der Waals surface area contributed by atoms with E-state index < -0.39 is 0 Å². The van der Waals surface area contributed by atoms with E-state index >= 15 is 0 Å². The lowest BCUT2D eigenvalue weighted by molar-refractivity contribution is 0.687. The zero-order valence-electron chi connectivity index (χ0n) is 11.2. The van der Waals surface area contributed by atoms with Crippen molar-refractivity contribution in [3.63, 3.8) is 0 Å². The third-order valence-corrected chi connectivity index (χ3v) is 2.46. The van der Waals surface area contributed by atoms with Crippen molar-refractivity contribution in [1.29, 1.82) is 0 Å². The maximum Gasteiger partial charge on any atom is 0.226 e. The Balaban J connectivity index is 3.04. The molecule has 0 aliphatic rings. The normalized spacial score (nSPS) is 10.6. The molecule has 0 atom stereocenters. The molecule has 1 N–H and O–H groups in total. The van der Waals surface area contributed by atoms with Gasteiger partial charge in [-0.25, -0.2) is 9.97 Å². The molecule has 4 heteroatoms. The van der Waals surface area contributed by atoms with Gasteiger partial charge in [-0.1, -0.05) is 6.08 Å². The minimum absolute atomic E-state index is 0.359. The predicted molar refractivity (Wildman–Crippen MR) is 72.2 cm³/mol. The van der Waals surface area contributed by atoms with E-state index in [4.69, 9.17) is 0 Å². The summed E-state index contributed by atoms with van der Waals surface area (Å²) in [7, 11) is 1.92. The number of nitrogens with zero attached hydrogens (tertiary/aromatic N) is 3. The van der Waals surface area contributed by atoms with Crippen LogP contribution in [0.25, 0.3) is 0 Å². The molecule has 0 unspecified atom stereocenters. The molecule has 1 aromatic rings. The van der Waals surface area contributed by atoms with E-state index in [1.807, 2.05) is 26.1 Å². The first-order chi connectivity index (χ1) is 8.08. The molecule has 0 aliphatic carbocycles. The lowest BCUT2D eigenvalue weighted by Crippen LogP contribution is -2.33. The Morgan fingerprint density at radius 2 is 2.18 bits per heavy atom. The van der Waals surface area contributed by atoms with Crippen LogP contribution in [0.2, 0.25) is 0 Å². The largest absolute Gasteiger partial charge is 0.335 e. The first-order valence-electron chi connectivity index (χ1n) is 5.95. The van der Waals surface area contributed by atoms with Crippen LogP contribution in [0.15, 0.2) is 18.7 Å². The Morgan fingerprint density at radius 3 is 2.71 bits per heavy atom. The molecule has 0 amide bonds. The Bertz CT molecular complexity index is 374. The van der Waals surface area contributed by atoms with Crippen molar-refractivity contribution in [3.05, 3.63) is 30.1 Å². The number of nitrogens with one attached hydrogen (secondary N) is 1. The molecule has 0 spiro atoms. The van der Waals surface area contributed by atoms with Gasteiger partial charge < -0.3 is 10.2 Å². The predicted octanol–water partition coefficient (Wildman–Crippen LogP) is 1.91. The third-order valence-electron chi connectivity index (χ3n) is 2.46. The Kier molecular flexibility index (Phi) is 5.10. The lowest BCUT2D eigenvalue weighted by atomic mass is 10.3. The van der Waals surface area contributed by atoms with Gasteiger partial charge >= 0.3 is 0 Å². The SMILES string of the molecule is C=CCN(c1nc(C)cc(CNC)n1)C(C)C. The van der Waals surface area contributed by atoms with Crippen LogP contribution in [0.1, 0.15) is 25.2 Å². The third kappa shape index (κ3) is 3.82. The average molecular weight is 234 g/mol.